The van der Waals surface area contributed by atoms with E-state index in [9.17, 15) is 9.18 Å². The van der Waals surface area contributed by atoms with Gasteiger partial charge in [-0.2, -0.15) is 0 Å². The maximum atomic E-state index is 14.6. The van der Waals surface area contributed by atoms with Gasteiger partial charge in [-0.05, 0) is 56.2 Å². The molecular formula is C25H22FN3O2. The van der Waals surface area contributed by atoms with E-state index in [1.807, 2.05) is 45.0 Å². The highest BCUT2D eigenvalue weighted by Crippen LogP contribution is 2.39. The molecule has 1 amide bonds. The number of halogens is 1. The monoisotopic (exact) mass is 415 g/mol. The van der Waals surface area contributed by atoms with Crippen LogP contribution in [0.5, 0.6) is 0 Å². The van der Waals surface area contributed by atoms with Gasteiger partial charge in [-0.1, -0.05) is 46.6 Å². The van der Waals surface area contributed by atoms with Gasteiger partial charge in [0.05, 0.1) is 11.5 Å². The van der Waals surface area contributed by atoms with Gasteiger partial charge in [0, 0.05) is 18.0 Å². The fraction of sp³-hybridized carbons (Fsp3) is 0.160. The number of nitrogens with zero attached hydrogens (tertiary/aromatic N) is 2. The van der Waals surface area contributed by atoms with Crippen molar-refractivity contribution in [3.63, 3.8) is 0 Å². The lowest BCUT2D eigenvalue weighted by Crippen LogP contribution is -2.19. The predicted octanol–water partition coefficient (Wildman–Crippen LogP) is 5.90. The van der Waals surface area contributed by atoms with Crippen molar-refractivity contribution in [2.75, 3.05) is 5.32 Å². The number of hydrogen-bond acceptors (Lipinski definition) is 4. The molecule has 1 atom stereocenters. The molecule has 5 nitrogen and oxygen atoms in total. The van der Waals surface area contributed by atoms with Crippen molar-refractivity contribution in [2.45, 2.75) is 26.7 Å². The number of carbonyl (C=O) groups is 1. The smallest absolute Gasteiger partial charge is 0.239 e. The topological polar surface area (TPSA) is 68.0 Å². The third-order valence-corrected chi connectivity index (χ3v) is 5.21. The molecule has 2 aromatic carbocycles. The molecule has 0 aliphatic rings. The Labute approximate surface area is 179 Å². The minimum absolute atomic E-state index is 0.173. The summed E-state index contributed by atoms with van der Waals surface area (Å²) < 4.78 is 20.1. The van der Waals surface area contributed by atoms with Crippen LogP contribution < -0.4 is 5.32 Å². The number of benzene rings is 2. The summed E-state index contributed by atoms with van der Waals surface area (Å²) in [5, 5.41) is 6.95. The lowest BCUT2D eigenvalue weighted by Gasteiger charge is -2.13. The van der Waals surface area contributed by atoms with Crippen LogP contribution in [0.3, 0.4) is 0 Å². The molecule has 0 aliphatic heterocycles. The molecule has 0 aliphatic carbocycles. The number of nitrogens with one attached hydrogen (secondary N) is 1. The van der Waals surface area contributed by atoms with Gasteiger partial charge in [-0.25, -0.2) is 4.39 Å². The maximum Gasteiger partial charge on any atom is 0.239 e. The Kier molecular flexibility index (Phi) is 5.62. The van der Waals surface area contributed by atoms with Crippen LogP contribution in [0, 0.1) is 19.7 Å². The van der Waals surface area contributed by atoms with E-state index >= 15 is 0 Å². The second kappa shape index (κ2) is 8.52. The van der Waals surface area contributed by atoms with Crippen molar-refractivity contribution in [3.8, 4) is 22.4 Å². The standard InChI is InChI=1S/C25H22FN3O2/c1-15-5-4-6-19(13-15)17(3)24(30)28-25-22(18-9-11-27-12-10-18)23(29-31-25)20-14-16(2)7-8-21(20)26/h4-14,17H,1-3H3,(H,28,30). The molecular weight excluding hydrogens is 393 g/mol. The van der Waals surface area contributed by atoms with Crippen LogP contribution in [0.15, 0.2) is 71.5 Å². The van der Waals surface area contributed by atoms with E-state index in [0.29, 0.717) is 22.4 Å². The lowest BCUT2D eigenvalue weighted by atomic mass is 9.98. The summed E-state index contributed by atoms with van der Waals surface area (Å²) in [5.74, 6) is -0.894. The van der Waals surface area contributed by atoms with Crippen molar-refractivity contribution in [1.29, 1.82) is 0 Å². The first kappa shape index (κ1) is 20.5. The number of rotatable bonds is 5. The molecule has 6 heteroatoms. The first-order valence-corrected chi connectivity index (χ1v) is 9.98. The van der Waals surface area contributed by atoms with E-state index in [0.717, 1.165) is 16.7 Å². The Balaban J connectivity index is 1.75. The minimum Gasteiger partial charge on any atom is -0.337 e. The third kappa shape index (κ3) is 4.23. The molecule has 0 fully saturated rings. The number of aromatic nitrogens is 2. The van der Waals surface area contributed by atoms with Gasteiger partial charge in [-0.3, -0.25) is 15.1 Å². The zero-order chi connectivity index (χ0) is 22.0. The van der Waals surface area contributed by atoms with Crippen molar-refractivity contribution in [1.82, 2.24) is 10.1 Å². The quantitative estimate of drug-likeness (QED) is 0.440. The summed E-state index contributed by atoms with van der Waals surface area (Å²) in [7, 11) is 0. The van der Waals surface area contributed by atoms with E-state index < -0.39 is 11.7 Å². The lowest BCUT2D eigenvalue weighted by molar-refractivity contribution is -0.117. The Hall–Kier alpha value is -3.80. The molecule has 0 bridgehead atoms. The summed E-state index contributed by atoms with van der Waals surface area (Å²) in [5.41, 5.74) is 4.72. The third-order valence-electron chi connectivity index (χ3n) is 5.21. The van der Waals surface area contributed by atoms with Gasteiger partial charge in [0.25, 0.3) is 0 Å². The molecule has 0 spiro atoms. The van der Waals surface area contributed by atoms with E-state index in [2.05, 4.69) is 15.5 Å². The molecule has 31 heavy (non-hydrogen) atoms. The second-order valence-electron chi connectivity index (χ2n) is 7.58. The second-order valence-corrected chi connectivity index (χ2v) is 7.58. The SMILES string of the molecule is Cc1cccc(C(C)C(=O)Nc2onc(-c3cc(C)ccc3F)c2-c2ccncc2)c1. The molecule has 2 aromatic heterocycles. The van der Waals surface area contributed by atoms with Crippen molar-refractivity contribution in [2.24, 2.45) is 0 Å². The van der Waals surface area contributed by atoms with Crippen LogP contribution in [-0.2, 0) is 4.79 Å². The summed E-state index contributed by atoms with van der Waals surface area (Å²) in [6.07, 6.45) is 3.25. The minimum atomic E-state index is -0.416. The summed E-state index contributed by atoms with van der Waals surface area (Å²) in [6, 6.07) is 16.1. The highest BCUT2D eigenvalue weighted by atomic mass is 19.1. The molecule has 2 heterocycles. The summed E-state index contributed by atoms with van der Waals surface area (Å²) >= 11 is 0. The molecule has 0 saturated heterocycles. The average molecular weight is 415 g/mol. The fourth-order valence-electron chi connectivity index (χ4n) is 3.48. The van der Waals surface area contributed by atoms with Gasteiger partial charge in [0.15, 0.2) is 0 Å². The van der Waals surface area contributed by atoms with Crippen LogP contribution in [0.1, 0.15) is 29.5 Å². The first-order chi connectivity index (χ1) is 14.9. The molecule has 1 N–H and O–H groups in total. The first-order valence-electron chi connectivity index (χ1n) is 9.98. The molecule has 4 rings (SSSR count). The normalized spacial score (nSPS) is 11.9. The largest absolute Gasteiger partial charge is 0.337 e. The number of anilines is 1. The number of amides is 1. The van der Waals surface area contributed by atoms with Crippen LogP contribution >= 0.6 is 0 Å². The van der Waals surface area contributed by atoms with Gasteiger partial charge in [0.1, 0.15) is 11.5 Å². The Morgan fingerprint density at radius 2 is 1.77 bits per heavy atom. The van der Waals surface area contributed by atoms with Gasteiger partial charge in [0.2, 0.25) is 11.8 Å². The van der Waals surface area contributed by atoms with E-state index in [4.69, 9.17) is 4.52 Å². The zero-order valence-electron chi connectivity index (χ0n) is 17.5. The molecule has 156 valence electrons. The highest BCUT2D eigenvalue weighted by Gasteiger charge is 2.25. The van der Waals surface area contributed by atoms with Gasteiger partial charge >= 0.3 is 0 Å². The van der Waals surface area contributed by atoms with Crippen molar-refractivity contribution < 1.29 is 13.7 Å². The van der Waals surface area contributed by atoms with E-state index in [1.54, 1.807) is 36.7 Å². The number of aryl methyl sites for hydroxylation is 2. The number of hydrogen-bond donors (Lipinski definition) is 1. The van der Waals surface area contributed by atoms with Crippen LogP contribution in [0.25, 0.3) is 22.4 Å². The number of pyridine rings is 1. The van der Waals surface area contributed by atoms with Crippen LogP contribution in [0.4, 0.5) is 10.3 Å². The highest BCUT2D eigenvalue weighted by molar-refractivity contribution is 6.00. The fourth-order valence-corrected chi connectivity index (χ4v) is 3.48. The zero-order valence-corrected chi connectivity index (χ0v) is 17.5. The van der Waals surface area contributed by atoms with Crippen LogP contribution in [-0.4, -0.2) is 16.0 Å². The molecule has 4 aromatic rings. The average Bonchev–Trinajstić information content (AvgIpc) is 3.18. The van der Waals surface area contributed by atoms with Crippen molar-refractivity contribution >= 4 is 11.8 Å². The van der Waals surface area contributed by atoms with E-state index in [1.165, 1.54) is 6.07 Å². The Bertz CT molecular complexity index is 1230. The summed E-state index contributed by atoms with van der Waals surface area (Å²) in [6.45, 7) is 5.68. The summed E-state index contributed by atoms with van der Waals surface area (Å²) in [4.78, 5) is 17.0. The molecule has 0 radical (unpaired) electrons. The Morgan fingerprint density at radius 3 is 2.52 bits per heavy atom. The van der Waals surface area contributed by atoms with Gasteiger partial charge in [-0.15, -0.1) is 0 Å². The van der Waals surface area contributed by atoms with Gasteiger partial charge < -0.3 is 4.52 Å². The maximum absolute atomic E-state index is 14.6. The predicted molar refractivity (Wildman–Crippen MR) is 118 cm³/mol. The van der Waals surface area contributed by atoms with Crippen molar-refractivity contribution in [3.05, 3.63) is 89.5 Å². The Morgan fingerprint density at radius 1 is 1.03 bits per heavy atom. The van der Waals surface area contributed by atoms with Crippen LogP contribution in [0.2, 0.25) is 0 Å². The molecule has 1 unspecified atom stereocenters. The number of carbonyl (C=O) groups excluding carboxylic acids is 1. The van der Waals surface area contributed by atoms with E-state index in [-0.39, 0.29) is 11.8 Å². The molecule has 0 saturated carbocycles.